The Morgan fingerprint density at radius 3 is 1.79 bits per heavy atom. The molecule has 5 nitrogen and oxygen atoms in total. The zero-order valence-corrected chi connectivity index (χ0v) is 16.0. The SMILES string of the molecule is CCCCCCCCCCCCNC(=O)c1c(F)c(F)c(N=[N+]=[N-])c(F)c1F. The Kier molecular flexibility index (Phi) is 11.0. The number of benzene rings is 1. The fourth-order valence-corrected chi connectivity index (χ4v) is 2.85. The quantitative estimate of drug-likeness (QED) is 0.0962. The van der Waals surface area contributed by atoms with Crippen LogP contribution in [0.1, 0.15) is 81.5 Å². The van der Waals surface area contributed by atoms with Crippen LogP contribution in [0.4, 0.5) is 23.2 Å². The van der Waals surface area contributed by atoms with E-state index in [1.165, 1.54) is 32.1 Å². The normalized spacial score (nSPS) is 10.6. The van der Waals surface area contributed by atoms with Gasteiger partial charge in [0.2, 0.25) is 0 Å². The van der Waals surface area contributed by atoms with Crippen molar-refractivity contribution < 1.29 is 22.4 Å². The largest absolute Gasteiger partial charge is 0.352 e. The summed E-state index contributed by atoms with van der Waals surface area (Å²) in [6, 6.07) is 0. The number of nitrogens with one attached hydrogen (secondary N) is 1. The maximum atomic E-state index is 13.9. The molecule has 0 aliphatic rings. The van der Waals surface area contributed by atoms with Crippen molar-refractivity contribution in [1.82, 2.24) is 5.32 Å². The summed E-state index contributed by atoms with van der Waals surface area (Å²) in [5, 5.41) is 4.83. The average molecular weight is 402 g/mol. The van der Waals surface area contributed by atoms with Gasteiger partial charge in [-0.2, -0.15) is 0 Å². The van der Waals surface area contributed by atoms with E-state index >= 15 is 0 Å². The van der Waals surface area contributed by atoms with Crippen molar-refractivity contribution in [3.8, 4) is 0 Å². The maximum absolute atomic E-state index is 13.9. The van der Waals surface area contributed by atoms with Crippen LogP contribution in [0.3, 0.4) is 0 Å². The molecule has 0 aliphatic carbocycles. The summed E-state index contributed by atoms with van der Waals surface area (Å²) in [7, 11) is 0. The van der Waals surface area contributed by atoms with Crippen LogP contribution >= 0.6 is 0 Å². The molecule has 1 N–H and O–H groups in total. The van der Waals surface area contributed by atoms with E-state index in [2.05, 4.69) is 22.3 Å². The Morgan fingerprint density at radius 1 is 0.857 bits per heavy atom. The second-order valence-electron chi connectivity index (χ2n) is 6.61. The zero-order valence-electron chi connectivity index (χ0n) is 16.0. The van der Waals surface area contributed by atoms with Crippen LogP contribution in [-0.2, 0) is 0 Å². The van der Waals surface area contributed by atoms with Crippen LogP contribution in [0.5, 0.6) is 0 Å². The summed E-state index contributed by atoms with van der Waals surface area (Å²) in [6.07, 6.45) is 10.8. The summed E-state index contributed by atoms with van der Waals surface area (Å²) >= 11 is 0. The van der Waals surface area contributed by atoms with Crippen LogP contribution in [0.15, 0.2) is 5.11 Å². The summed E-state index contributed by atoms with van der Waals surface area (Å²) in [6.45, 7) is 2.31. The molecule has 9 heteroatoms. The van der Waals surface area contributed by atoms with Crippen molar-refractivity contribution in [3.05, 3.63) is 39.3 Å². The van der Waals surface area contributed by atoms with Gasteiger partial charge < -0.3 is 5.32 Å². The standard InChI is InChI=1S/C19H26F4N4O/c1-2-3-4-5-6-7-8-9-10-11-12-25-19(28)13-14(20)16(22)18(26-27-24)17(23)15(13)21/h2-12H2,1H3,(H,25,28). The van der Waals surface area contributed by atoms with Gasteiger partial charge in [0.1, 0.15) is 11.3 Å². The predicted octanol–water partition coefficient (Wildman–Crippen LogP) is 6.84. The van der Waals surface area contributed by atoms with E-state index in [1.807, 2.05) is 0 Å². The average Bonchev–Trinajstić information content (AvgIpc) is 2.68. The van der Waals surface area contributed by atoms with Crippen LogP contribution in [0.25, 0.3) is 10.4 Å². The van der Waals surface area contributed by atoms with E-state index in [-0.39, 0.29) is 6.54 Å². The van der Waals surface area contributed by atoms with Crippen molar-refractivity contribution in [3.63, 3.8) is 0 Å². The number of hydrogen-bond donors (Lipinski definition) is 1. The molecular weight excluding hydrogens is 376 g/mol. The first-order valence-corrected chi connectivity index (χ1v) is 9.64. The van der Waals surface area contributed by atoms with Crippen LogP contribution in [-0.4, -0.2) is 12.5 Å². The Balaban J connectivity index is 2.41. The number of unbranched alkanes of at least 4 members (excludes halogenated alkanes) is 9. The molecule has 28 heavy (non-hydrogen) atoms. The Morgan fingerprint density at radius 2 is 1.32 bits per heavy atom. The van der Waals surface area contributed by atoms with Crippen molar-refractivity contribution in [2.75, 3.05) is 6.54 Å². The monoisotopic (exact) mass is 402 g/mol. The van der Waals surface area contributed by atoms with E-state index in [1.54, 1.807) is 0 Å². The van der Waals surface area contributed by atoms with Gasteiger partial charge >= 0.3 is 0 Å². The molecular formula is C19H26F4N4O. The highest BCUT2D eigenvalue weighted by Crippen LogP contribution is 2.30. The number of carbonyl (C=O) groups is 1. The number of nitrogens with zero attached hydrogens (tertiary/aromatic N) is 3. The van der Waals surface area contributed by atoms with Gasteiger partial charge in [-0.05, 0) is 12.0 Å². The molecule has 0 aromatic heterocycles. The summed E-state index contributed by atoms with van der Waals surface area (Å²) in [5.74, 6) is -8.83. The lowest BCUT2D eigenvalue weighted by Crippen LogP contribution is -2.27. The fourth-order valence-electron chi connectivity index (χ4n) is 2.85. The van der Waals surface area contributed by atoms with Gasteiger partial charge in [0.25, 0.3) is 5.91 Å². The van der Waals surface area contributed by atoms with Gasteiger partial charge in [-0.25, -0.2) is 17.6 Å². The van der Waals surface area contributed by atoms with Gasteiger partial charge in [-0.3, -0.25) is 4.79 Å². The number of azide groups is 1. The topological polar surface area (TPSA) is 77.9 Å². The molecule has 156 valence electrons. The zero-order chi connectivity index (χ0) is 20.9. The van der Waals surface area contributed by atoms with Gasteiger partial charge in [-0.1, -0.05) is 69.8 Å². The van der Waals surface area contributed by atoms with Crippen molar-refractivity contribution in [2.24, 2.45) is 5.11 Å². The van der Waals surface area contributed by atoms with E-state index in [0.717, 1.165) is 25.7 Å². The highest BCUT2D eigenvalue weighted by molar-refractivity contribution is 5.95. The third-order valence-corrected chi connectivity index (χ3v) is 4.43. The molecule has 1 amide bonds. The van der Waals surface area contributed by atoms with Gasteiger partial charge in [-0.15, -0.1) is 0 Å². The summed E-state index contributed by atoms with van der Waals surface area (Å²) in [5.41, 5.74) is 5.40. The molecule has 1 aromatic rings. The molecule has 0 fully saturated rings. The molecule has 0 saturated carbocycles. The van der Waals surface area contributed by atoms with Crippen LogP contribution in [0.2, 0.25) is 0 Å². The van der Waals surface area contributed by atoms with Crippen molar-refractivity contribution in [1.29, 1.82) is 0 Å². The first kappa shape index (κ1) is 23.8. The van der Waals surface area contributed by atoms with Crippen molar-refractivity contribution >= 4 is 11.6 Å². The summed E-state index contributed by atoms with van der Waals surface area (Å²) in [4.78, 5) is 14.0. The molecule has 0 atom stereocenters. The molecule has 0 bridgehead atoms. The summed E-state index contributed by atoms with van der Waals surface area (Å²) < 4.78 is 55.1. The molecule has 0 saturated heterocycles. The van der Waals surface area contributed by atoms with E-state index in [0.29, 0.717) is 6.42 Å². The molecule has 0 radical (unpaired) electrons. The highest BCUT2D eigenvalue weighted by Gasteiger charge is 2.28. The van der Waals surface area contributed by atoms with Crippen molar-refractivity contribution in [2.45, 2.75) is 71.1 Å². The predicted molar refractivity (Wildman–Crippen MR) is 99.3 cm³/mol. The van der Waals surface area contributed by atoms with E-state index < -0.39 is 40.4 Å². The number of halogens is 4. The number of carbonyl (C=O) groups excluding carboxylic acids is 1. The van der Waals surface area contributed by atoms with Gasteiger partial charge in [0.05, 0.1) is 0 Å². The third kappa shape index (κ3) is 7.03. The second kappa shape index (κ2) is 13.0. The first-order valence-electron chi connectivity index (χ1n) is 9.64. The third-order valence-electron chi connectivity index (χ3n) is 4.43. The molecule has 0 spiro atoms. The lowest BCUT2D eigenvalue weighted by molar-refractivity contribution is 0.0942. The van der Waals surface area contributed by atoms with Crippen LogP contribution in [0, 0.1) is 23.3 Å². The van der Waals surface area contributed by atoms with Gasteiger partial charge in [0.15, 0.2) is 23.3 Å². The minimum atomic E-state index is -1.90. The van der Waals surface area contributed by atoms with E-state index in [4.69, 9.17) is 5.53 Å². The highest BCUT2D eigenvalue weighted by atomic mass is 19.2. The molecule has 1 rings (SSSR count). The Bertz CT molecular complexity index is 677. The molecule has 0 aliphatic heterocycles. The molecule has 1 aromatic carbocycles. The van der Waals surface area contributed by atoms with E-state index in [9.17, 15) is 22.4 Å². The fraction of sp³-hybridized carbons (Fsp3) is 0.632. The van der Waals surface area contributed by atoms with Gasteiger partial charge in [0, 0.05) is 11.5 Å². The smallest absolute Gasteiger partial charge is 0.257 e. The van der Waals surface area contributed by atoms with Crippen LogP contribution < -0.4 is 5.32 Å². The maximum Gasteiger partial charge on any atom is 0.257 e. The lowest BCUT2D eigenvalue weighted by Gasteiger charge is -2.10. The molecule has 0 unspecified atom stereocenters. The minimum absolute atomic E-state index is 0.134. The Labute approximate surface area is 162 Å². The second-order valence-corrected chi connectivity index (χ2v) is 6.61. The number of amides is 1. The Hall–Kier alpha value is -2.28. The minimum Gasteiger partial charge on any atom is -0.352 e. The first-order chi connectivity index (χ1) is 13.5. The number of rotatable bonds is 13. The lowest BCUT2D eigenvalue weighted by atomic mass is 10.1. The number of hydrogen-bond acceptors (Lipinski definition) is 2. The molecule has 0 heterocycles.